The van der Waals surface area contributed by atoms with E-state index >= 15 is 0 Å². The van der Waals surface area contributed by atoms with Gasteiger partial charge in [0.2, 0.25) is 5.71 Å². The van der Waals surface area contributed by atoms with E-state index in [4.69, 9.17) is 33.4 Å². The summed E-state index contributed by atoms with van der Waals surface area (Å²) in [6.07, 6.45) is 0. The number of anilines is 1. The third-order valence-corrected chi connectivity index (χ3v) is 4.62. The molecule has 0 saturated heterocycles. The number of aromatic nitrogens is 2. The van der Waals surface area contributed by atoms with Gasteiger partial charge in [0.25, 0.3) is 0 Å². The largest absolute Gasteiger partial charge is 0.402 e. The zero-order valence-electron chi connectivity index (χ0n) is 13.6. The van der Waals surface area contributed by atoms with Crippen LogP contribution in [0.2, 0.25) is 10.0 Å². The number of rotatable bonds is 2. The summed E-state index contributed by atoms with van der Waals surface area (Å²) in [6.45, 7) is 0. The number of halogens is 2. The van der Waals surface area contributed by atoms with Crippen LogP contribution in [-0.4, -0.2) is 9.78 Å². The number of nitriles is 1. The lowest BCUT2D eigenvalue weighted by Crippen LogP contribution is -2.08. The summed E-state index contributed by atoms with van der Waals surface area (Å²) in [5.41, 5.74) is 6.62. The molecular weight excluding hydrogens is 387 g/mol. The molecule has 132 valence electrons. The highest BCUT2D eigenvalue weighted by Crippen LogP contribution is 2.39. The van der Waals surface area contributed by atoms with Crippen LogP contribution in [-0.2, 0) is 0 Å². The SMILES string of the molecule is N#Cc1c(-c2ccc(Cl)cc2Cl)c2c(N)nn(-c3ccccc3)c2oc1=O. The number of hydrogen-bond donors (Lipinski definition) is 1. The van der Waals surface area contributed by atoms with Gasteiger partial charge in [0.1, 0.15) is 11.6 Å². The predicted molar refractivity (Wildman–Crippen MR) is 104 cm³/mol. The van der Waals surface area contributed by atoms with Gasteiger partial charge in [-0.05, 0) is 24.3 Å². The molecule has 2 heterocycles. The Morgan fingerprint density at radius 1 is 1.15 bits per heavy atom. The Morgan fingerprint density at radius 3 is 2.56 bits per heavy atom. The second kappa shape index (κ2) is 6.47. The van der Waals surface area contributed by atoms with Crippen LogP contribution in [0, 0.1) is 11.3 Å². The Morgan fingerprint density at radius 2 is 1.89 bits per heavy atom. The first-order chi connectivity index (χ1) is 13.0. The lowest BCUT2D eigenvalue weighted by molar-refractivity contribution is 0.534. The lowest BCUT2D eigenvalue weighted by atomic mass is 9.99. The second-order valence-corrected chi connectivity index (χ2v) is 6.53. The second-order valence-electron chi connectivity index (χ2n) is 5.69. The van der Waals surface area contributed by atoms with Gasteiger partial charge >= 0.3 is 5.63 Å². The molecule has 0 atom stereocenters. The minimum absolute atomic E-state index is 0.107. The van der Waals surface area contributed by atoms with E-state index < -0.39 is 5.63 Å². The van der Waals surface area contributed by atoms with Gasteiger partial charge in [0.15, 0.2) is 5.82 Å². The summed E-state index contributed by atoms with van der Waals surface area (Å²) in [7, 11) is 0. The zero-order chi connectivity index (χ0) is 19.1. The standard InChI is InChI=1S/C19H10Cl2N4O2/c20-10-6-7-12(14(21)8-10)15-13(9-22)19(26)27-18-16(15)17(23)24-25(18)11-4-2-1-3-5-11/h1-8H,(H2,23,24). The molecule has 2 N–H and O–H groups in total. The van der Waals surface area contributed by atoms with Gasteiger partial charge in [-0.3, -0.25) is 0 Å². The van der Waals surface area contributed by atoms with Crippen LogP contribution in [0.3, 0.4) is 0 Å². The number of para-hydroxylation sites is 1. The maximum absolute atomic E-state index is 12.5. The Kier molecular flexibility index (Phi) is 4.11. The van der Waals surface area contributed by atoms with Gasteiger partial charge in [-0.25, -0.2) is 4.79 Å². The number of nitrogen functional groups attached to an aromatic ring is 1. The fourth-order valence-corrected chi connectivity index (χ4v) is 3.42. The van der Waals surface area contributed by atoms with Gasteiger partial charge in [-0.2, -0.15) is 9.94 Å². The van der Waals surface area contributed by atoms with Gasteiger partial charge in [0.05, 0.1) is 11.1 Å². The first kappa shape index (κ1) is 17.2. The van der Waals surface area contributed by atoms with E-state index in [1.54, 1.807) is 24.3 Å². The van der Waals surface area contributed by atoms with Crippen molar-refractivity contribution in [2.75, 3.05) is 5.73 Å². The van der Waals surface area contributed by atoms with E-state index in [1.807, 2.05) is 24.3 Å². The smallest absolute Gasteiger partial charge is 0.356 e. The third-order valence-electron chi connectivity index (χ3n) is 4.08. The van der Waals surface area contributed by atoms with E-state index in [2.05, 4.69) is 5.10 Å². The number of nitrogens with two attached hydrogens (primary N) is 1. The van der Waals surface area contributed by atoms with E-state index in [9.17, 15) is 10.1 Å². The van der Waals surface area contributed by atoms with Crippen molar-refractivity contribution < 1.29 is 4.42 Å². The van der Waals surface area contributed by atoms with Crippen molar-refractivity contribution in [3.05, 3.63) is 74.6 Å². The van der Waals surface area contributed by atoms with Crippen LogP contribution >= 0.6 is 23.2 Å². The van der Waals surface area contributed by atoms with Crippen molar-refractivity contribution in [2.24, 2.45) is 0 Å². The van der Waals surface area contributed by atoms with Gasteiger partial charge in [-0.15, -0.1) is 5.10 Å². The van der Waals surface area contributed by atoms with Crippen molar-refractivity contribution >= 4 is 40.1 Å². The van der Waals surface area contributed by atoms with E-state index in [0.717, 1.165) is 0 Å². The number of benzene rings is 2. The van der Waals surface area contributed by atoms with Gasteiger partial charge < -0.3 is 10.2 Å². The molecule has 0 radical (unpaired) electrons. The van der Waals surface area contributed by atoms with Crippen LogP contribution in [0.25, 0.3) is 27.9 Å². The van der Waals surface area contributed by atoms with Gasteiger partial charge in [0, 0.05) is 21.2 Å². The molecule has 0 saturated carbocycles. The number of fused-ring (bicyclic) bond motifs is 1. The molecule has 8 heteroatoms. The first-order valence-corrected chi connectivity index (χ1v) is 8.53. The highest BCUT2D eigenvalue weighted by Gasteiger charge is 2.24. The normalized spacial score (nSPS) is 10.9. The minimum atomic E-state index is -0.803. The zero-order valence-corrected chi connectivity index (χ0v) is 15.1. The number of nitrogens with zero attached hydrogens (tertiary/aromatic N) is 3. The molecule has 27 heavy (non-hydrogen) atoms. The maximum atomic E-state index is 12.5. The molecule has 0 aliphatic heterocycles. The molecule has 4 rings (SSSR count). The summed E-state index contributed by atoms with van der Waals surface area (Å²) in [5, 5.41) is 14.9. The lowest BCUT2D eigenvalue weighted by Gasteiger charge is -2.08. The Bertz CT molecular complexity index is 1290. The summed E-state index contributed by atoms with van der Waals surface area (Å²) < 4.78 is 6.81. The minimum Gasteiger partial charge on any atom is -0.402 e. The van der Waals surface area contributed by atoms with E-state index in [1.165, 1.54) is 10.7 Å². The molecule has 0 spiro atoms. The molecule has 0 amide bonds. The predicted octanol–water partition coefficient (Wildman–Crippen LogP) is 4.41. The monoisotopic (exact) mass is 396 g/mol. The molecule has 0 fully saturated rings. The molecular formula is C19H10Cl2N4O2. The summed E-state index contributed by atoms with van der Waals surface area (Å²) in [4.78, 5) is 12.5. The van der Waals surface area contributed by atoms with Crippen molar-refractivity contribution in [3.8, 4) is 22.9 Å². The molecule has 2 aromatic heterocycles. The first-order valence-electron chi connectivity index (χ1n) is 7.77. The van der Waals surface area contributed by atoms with Crippen LogP contribution < -0.4 is 11.4 Å². The molecule has 0 aliphatic rings. The molecule has 6 nitrogen and oxygen atoms in total. The van der Waals surface area contributed by atoms with E-state index in [-0.39, 0.29) is 27.7 Å². The molecule has 2 aromatic carbocycles. The maximum Gasteiger partial charge on any atom is 0.356 e. The average Bonchev–Trinajstić information content (AvgIpc) is 2.98. The Balaban J connectivity index is 2.17. The van der Waals surface area contributed by atoms with Crippen LogP contribution in [0.15, 0.2) is 57.7 Å². The van der Waals surface area contributed by atoms with Crippen LogP contribution in [0.5, 0.6) is 0 Å². The highest BCUT2D eigenvalue weighted by molar-refractivity contribution is 6.36. The van der Waals surface area contributed by atoms with Gasteiger partial charge in [-0.1, -0.05) is 47.5 Å². The van der Waals surface area contributed by atoms with Crippen LogP contribution in [0.1, 0.15) is 5.56 Å². The molecule has 0 unspecified atom stereocenters. The molecule has 0 aliphatic carbocycles. The summed E-state index contributed by atoms with van der Waals surface area (Å²) in [6, 6.07) is 15.7. The molecule has 0 bridgehead atoms. The Hall–Kier alpha value is -3.27. The Labute approximate surface area is 163 Å². The number of hydrogen-bond acceptors (Lipinski definition) is 5. The van der Waals surface area contributed by atoms with Crippen molar-refractivity contribution in [1.29, 1.82) is 5.26 Å². The average molecular weight is 397 g/mol. The summed E-state index contributed by atoms with van der Waals surface area (Å²) in [5.74, 6) is 0.107. The highest BCUT2D eigenvalue weighted by atomic mass is 35.5. The fourth-order valence-electron chi connectivity index (χ4n) is 2.92. The quantitative estimate of drug-likeness (QED) is 0.541. The molecule has 4 aromatic rings. The van der Waals surface area contributed by atoms with E-state index in [0.29, 0.717) is 21.7 Å². The van der Waals surface area contributed by atoms with Crippen molar-refractivity contribution in [2.45, 2.75) is 0 Å². The topological polar surface area (TPSA) is 97.8 Å². The van der Waals surface area contributed by atoms with Crippen LogP contribution in [0.4, 0.5) is 5.82 Å². The summed E-state index contributed by atoms with van der Waals surface area (Å²) >= 11 is 12.3. The third kappa shape index (κ3) is 2.74. The van der Waals surface area contributed by atoms with Crippen molar-refractivity contribution in [1.82, 2.24) is 9.78 Å². The fraction of sp³-hybridized carbons (Fsp3) is 0. The van der Waals surface area contributed by atoms with Crippen molar-refractivity contribution in [3.63, 3.8) is 0 Å².